The van der Waals surface area contributed by atoms with E-state index >= 15 is 0 Å². The van der Waals surface area contributed by atoms with Crippen LogP contribution in [0.1, 0.15) is 206 Å². The Morgan fingerprint density at radius 2 is 0.953 bits per heavy atom. The van der Waals surface area contributed by atoms with Gasteiger partial charge in [0, 0.05) is 13.0 Å². The summed E-state index contributed by atoms with van der Waals surface area (Å²) in [5.41, 5.74) is 0. The van der Waals surface area contributed by atoms with Gasteiger partial charge in [0.15, 0.2) is 6.29 Å². The molecule has 370 valence electrons. The van der Waals surface area contributed by atoms with Gasteiger partial charge in [-0.1, -0.05) is 189 Å². The van der Waals surface area contributed by atoms with Gasteiger partial charge in [0.05, 0.1) is 19.8 Å². The lowest BCUT2D eigenvalue weighted by molar-refractivity contribution is -0.305. The molecular formula is C55H96O9. The van der Waals surface area contributed by atoms with Gasteiger partial charge in [-0.25, -0.2) is 0 Å². The monoisotopic (exact) mass is 901 g/mol. The summed E-state index contributed by atoms with van der Waals surface area (Å²) >= 11 is 0. The largest absolute Gasteiger partial charge is 0.457 e. The summed E-state index contributed by atoms with van der Waals surface area (Å²) in [6.45, 7) is 4.41. The van der Waals surface area contributed by atoms with Gasteiger partial charge in [0.25, 0.3) is 0 Å². The fourth-order valence-corrected chi connectivity index (χ4v) is 7.57. The van der Waals surface area contributed by atoms with Gasteiger partial charge in [-0.2, -0.15) is 0 Å². The normalized spacial score (nSPS) is 20.1. The molecule has 1 aliphatic heterocycles. The summed E-state index contributed by atoms with van der Waals surface area (Å²) in [6, 6.07) is 0. The fourth-order valence-electron chi connectivity index (χ4n) is 7.57. The zero-order valence-corrected chi connectivity index (χ0v) is 40.8. The summed E-state index contributed by atoms with van der Waals surface area (Å²) in [5.74, 6) is -0.322. The topological polar surface area (TPSA) is 135 Å². The molecule has 0 aromatic heterocycles. The van der Waals surface area contributed by atoms with Crippen LogP contribution in [-0.4, -0.2) is 89.6 Å². The third-order valence-electron chi connectivity index (χ3n) is 11.6. The minimum atomic E-state index is -1.54. The van der Waals surface area contributed by atoms with Crippen molar-refractivity contribution in [2.45, 2.75) is 243 Å². The van der Waals surface area contributed by atoms with Crippen molar-refractivity contribution in [1.82, 2.24) is 0 Å². The number of hydrogen-bond donors (Lipinski definition) is 4. The molecule has 0 bridgehead atoms. The van der Waals surface area contributed by atoms with Crippen LogP contribution >= 0.6 is 0 Å². The smallest absolute Gasteiger partial charge is 0.306 e. The second-order valence-corrected chi connectivity index (χ2v) is 17.6. The predicted molar refractivity (Wildman–Crippen MR) is 265 cm³/mol. The van der Waals surface area contributed by atoms with Crippen LogP contribution in [0.5, 0.6) is 0 Å². The molecular weight excluding hydrogens is 805 g/mol. The number of ether oxygens (including phenoxy) is 4. The van der Waals surface area contributed by atoms with Gasteiger partial charge in [0.2, 0.25) is 0 Å². The fraction of sp³-hybridized carbons (Fsp3) is 0.764. The number of esters is 1. The second-order valence-electron chi connectivity index (χ2n) is 17.6. The van der Waals surface area contributed by atoms with Crippen LogP contribution < -0.4 is 0 Å². The van der Waals surface area contributed by atoms with Gasteiger partial charge in [-0.15, -0.1) is 0 Å². The van der Waals surface area contributed by atoms with Crippen molar-refractivity contribution in [3.63, 3.8) is 0 Å². The first-order chi connectivity index (χ1) is 31.4. The number of allylic oxidation sites excluding steroid dienone is 12. The minimum absolute atomic E-state index is 0.120. The highest BCUT2D eigenvalue weighted by Gasteiger charge is 2.44. The van der Waals surface area contributed by atoms with Crippen LogP contribution in [0, 0.1) is 0 Å². The van der Waals surface area contributed by atoms with E-state index in [4.69, 9.17) is 18.9 Å². The lowest BCUT2D eigenvalue weighted by Gasteiger charge is -2.39. The van der Waals surface area contributed by atoms with E-state index in [9.17, 15) is 25.2 Å². The van der Waals surface area contributed by atoms with E-state index in [2.05, 4.69) is 86.8 Å². The van der Waals surface area contributed by atoms with Crippen LogP contribution in [-0.2, 0) is 23.7 Å². The van der Waals surface area contributed by atoms with E-state index in [0.717, 1.165) is 70.6 Å². The standard InChI is InChI=1S/C55H96O9/c1-3-5-7-9-11-13-15-17-19-21-23-24-25-26-27-28-30-32-34-36-38-40-42-44-51(57)63-49(48-62-55-54(60)53(59)52(58)50(46-56)64-55)47-61-45-43-41-39-37-35-33-31-29-22-20-18-16-14-12-10-8-6-4-2/h5,7,11-14,17-20,23-24,49-50,52-56,58-60H,3-4,6,8-10,15-16,21-22,25-48H2,1-2H3/b7-5-,13-11-,14-12-,19-17-,20-18-,24-23-. The second kappa shape index (κ2) is 45.8. The highest BCUT2D eigenvalue weighted by molar-refractivity contribution is 5.69. The Balaban J connectivity index is 2.21. The number of rotatable bonds is 44. The van der Waals surface area contributed by atoms with Crippen molar-refractivity contribution in [2.24, 2.45) is 0 Å². The van der Waals surface area contributed by atoms with Gasteiger partial charge in [-0.05, 0) is 83.5 Å². The lowest BCUT2D eigenvalue weighted by atomic mass is 9.99. The first kappa shape index (κ1) is 59.6. The summed E-state index contributed by atoms with van der Waals surface area (Å²) in [4.78, 5) is 12.9. The van der Waals surface area contributed by atoms with Gasteiger partial charge < -0.3 is 39.4 Å². The molecule has 1 saturated heterocycles. The molecule has 0 aromatic rings. The zero-order valence-electron chi connectivity index (χ0n) is 40.8. The molecule has 6 atom stereocenters. The van der Waals surface area contributed by atoms with E-state index in [1.54, 1.807) is 0 Å². The van der Waals surface area contributed by atoms with Crippen LogP contribution in [0.4, 0.5) is 0 Å². The van der Waals surface area contributed by atoms with Crippen LogP contribution in [0.2, 0.25) is 0 Å². The third kappa shape index (κ3) is 35.8. The first-order valence-corrected chi connectivity index (χ1v) is 26.0. The highest BCUT2D eigenvalue weighted by atomic mass is 16.7. The summed E-state index contributed by atoms with van der Waals surface area (Å²) in [7, 11) is 0. The van der Waals surface area contributed by atoms with E-state index in [1.165, 1.54) is 116 Å². The zero-order chi connectivity index (χ0) is 46.4. The van der Waals surface area contributed by atoms with Crippen molar-refractivity contribution in [3.05, 3.63) is 72.9 Å². The number of unbranched alkanes of at least 4 members (excludes halogenated alkanes) is 21. The molecule has 9 heteroatoms. The molecule has 1 heterocycles. The molecule has 9 nitrogen and oxygen atoms in total. The quantitative estimate of drug-likeness (QED) is 0.0268. The average molecular weight is 901 g/mol. The molecule has 64 heavy (non-hydrogen) atoms. The molecule has 0 saturated carbocycles. The summed E-state index contributed by atoms with van der Waals surface area (Å²) in [6.07, 6.45) is 53.6. The molecule has 1 fully saturated rings. The number of aliphatic hydroxyl groups is 4. The average Bonchev–Trinajstić information content (AvgIpc) is 3.30. The summed E-state index contributed by atoms with van der Waals surface area (Å²) in [5, 5.41) is 40.3. The van der Waals surface area contributed by atoms with E-state index < -0.39 is 43.4 Å². The Labute approximate surface area is 391 Å². The van der Waals surface area contributed by atoms with Gasteiger partial charge >= 0.3 is 5.97 Å². The maximum atomic E-state index is 12.9. The molecule has 1 aliphatic rings. The van der Waals surface area contributed by atoms with Crippen LogP contribution in [0.25, 0.3) is 0 Å². The Kier molecular flexibility index (Phi) is 42.7. The first-order valence-electron chi connectivity index (χ1n) is 26.0. The van der Waals surface area contributed by atoms with Crippen molar-refractivity contribution >= 4 is 5.97 Å². The maximum absolute atomic E-state index is 12.9. The molecule has 4 N–H and O–H groups in total. The van der Waals surface area contributed by atoms with Crippen LogP contribution in [0.15, 0.2) is 72.9 Å². The van der Waals surface area contributed by atoms with E-state index in [1.807, 2.05) is 0 Å². The van der Waals surface area contributed by atoms with Crippen molar-refractivity contribution < 1.29 is 44.2 Å². The van der Waals surface area contributed by atoms with Crippen molar-refractivity contribution in [3.8, 4) is 0 Å². The van der Waals surface area contributed by atoms with Crippen LogP contribution in [0.3, 0.4) is 0 Å². The lowest BCUT2D eigenvalue weighted by Crippen LogP contribution is -2.59. The van der Waals surface area contributed by atoms with Crippen molar-refractivity contribution in [1.29, 1.82) is 0 Å². The molecule has 0 spiro atoms. The number of carbonyl (C=O) groups excluding carboxylic acids is 1. The molecule has 0 aliphatic carbocycles. The van der Waals surface area contributed by atoms with E-state index in [0.29, 0.717) is 13.0 Å². The molecule has 0 amide bonds. The van der Waals surface area contributed by atoms with E-state index in [-0.39, 0.29) is 19.2 Å². The Morgan fingerprint density at radius 1 is 0.516 bits per heavy atom. The molecule has 1 rings (SSSR count). The summed E-state index contributed by atoms with van der Waals surface area (Å²) < 4.78 is 22.9. The Bertz CT molecular complexity index is 1210. The molecule has 0 aromatic carbocycles. The SMILES string of the molecule is CC/C=C\C/C=C\C/C=C\C/C=C\CCCCCCCCCCCCC(=O)OC(COCCCCCCCCCC/C=C\C/C=C\CCCCC)COC1OC(CO)C(O)C(O)C1O. The number of aliphatic hydroxyl groups excluding tert-OH is 4. The Hall–Kier alpha value is -2.37. The number of carbonyl (C=O) groups is 1. The maximum Gasteiger partial charge on any atom is 0.306 e. The van der Waals surface area contributed by atoms with Gasteiger partial charge in [0.1, 0.15) is 30.5 Å². The molecule has 0 radical (unpaired) electrons. The highest BCUT2D eigenvalue weighted by Crippen LogP contribution is 2.23. The molecule has 6 unspecified atom stereocenters. The minimum Gasteiger partial charge on any atom is -0.457 e. The Morgan fingerprint density at radius 3 is 1.44 bits per heavy atom. The predicted octanol–water partition coefficient (Wildman–Crippen LogP) is 12.8. The van der Waals surface area contributed by atoms with Crippen molar-refractivity contribution in [2.75, 3.05) is 26.4 Å². The van der Waals surface area contributed by atoms with Gasteiger partial charge in [-0.3, -0.25) is 4.79 Å². The third-order valence-corrected chi connectivity index (χ3v) is 11.6. The number of hydrogen-bond acceptors (Lipinski definition) is 9.